The van der Waals surface area contributed by atoms with Crippen LogP contribution in [0.15, 0.2) is 71.3 Å². The molecule has 2 aromatic carbocycles. The predicted molar refractivity (Wildman–Crippen MR) is 106 cm³/mol. The van der Waals surface area contributed by atoms with Crippen LogP contribution in [0.3, 0.4) is 0 Å². The molecule has 0 aliphatic rings. The summed E-state index contributed by atoms with van der Waals surface area (Å²) in [5.74, 6) is 1.08. The van der Waals surface area contributed by atoms with Crippen LogP contribution >= 0.6 is 11.6 Å². The van der Waals surface area contributed by atoms with E-state index in [1.807, 2.05) is 42.5 Å². The summed E-state index contributed by atoms with van der Waals surface area (Å²) in [7, 11) is 1.54. The van der Waals surface area contributed by atoms with E-state index in [1.165, 1.54) is 0 Å². The second-order valence-corrected chi connectivity index (χ2v) is 6.52. The van der Waals surface area contributed by atoms with Crippen molar-refractivity contribution in [1.82, 2.24) is 5.32 Å². The van der Waals surface area contributed by atoms with Gasteiger partial charge < -0.3 is 14.5 Å². The summed E-state index contributed by atoms with van der Waals surface area (Å²) >= 11 is 6.03. The number of hydrogen-bond donors (Lipinski definition) is 2. The van der Waals surface area contributed by atoms with Gasteiger partial charge in [-0.1, -0.05) is 41.9 Å². The van der Waals surface area contributed by atoms with Gasteiger partial charge in [-0.3, -0.25) is 10.1 Å². The van der Waals surface area contributed by atoms with Crippen molar-refractivity contribution < 1.29 is 13.9 Å². The van der Waals surface area contributed by atoms with Crippen molar-refractivity contribution in [2.24, 2.45) is 0 Å². The van der Waals surface area contributed by atoms with Crippen LogP contribution in [0, 0.1) is 0 Å². The van der Waals surface area contributed by atoms with E-state index in [4.69, 9.17) is 20.8 Å². The highest BCUT2D eigenvalue weighted by molar-refractivity contribution is 6.31. The number of benzene rings is 2. The van der Waals surface area contributed by atoms with Gasteiger partial charge in [0.05, 0.1) is 31.1 Å². The largest absolute Gasteiger partial charge is 0.495 e. The van der Waals surface area contributed by atoms with Crippen molar-refractivity contribution in [3.05, 3.63) is 83.3 Å². The molecular weight excluding hydrogens is 364 g/mol. The van der Waals surface area contributed by atoms with Crippen molar-refractivity contribution >= 4 is 23.2 Å². The highest BCUT2D eigenvalue weighted by atomic mass is 35.5. The average molecular weight is 385 g/mol. The number of anilines is 1. The molecule has 1 heterocycles. The first-order chi connectivity index (χ1) is 13.1. The van der Waals surface area contributed by atoms with E-state index in [1.54, 1.807) is 38.5 Å². The quantitative estimate of drug-likeness (QED) is 0.622. The number of rotatable bonds is 7. The third-order valence-electron chi connectivity index (χ3n) is 4.19. The molecule has 3 aromatic rings. The molecule has 5 nitrogen and oxygen atoms in total. The lowest BCUT2D eigenvalue weighted by Gasteiger charge is -2.22. The Labute approximate surface area is 163 Å². The minimum absolute atomic E-state index is 0.206. The maximum absolute atomic E-state index is 12.7. The van der Waals surface area contributed by atoms with E-state index >= 15 is 0 Å². The average Bonchev–Trinajstić information content (AvgIpc) is 3.21. The fourth-order valence-electron chi connectivity index (χ4n) is 2.79. The summed E-state index contributed by atoms with van der Waals surface area (Å²) in [4.78, 5) is 12.7. The summed E-state index contributed by atoms with van der Waals surface area (Å²) in [5, 5.41) is 6.71. The van der Waals surface area contributed by atoms with E-state index in [0.29, 0.717) is 16.5 Å². The summed E-state index contributed by atoms with van der Waals surface area (Å²) in [6.07, 6.45) is 1.62. The number of carbonyl (C=O) groups is 1. The van der Waals surface area contributed by atoms with Crippen molar-refractivity contribution in [2.45, 2.75) is 19.0 Å². The molecule has 0 saturated carbocycles. The van der Waals surface area contributed by atoms with Crippen LogP contribution in [0.25, 0.3) is 0 Å². The number of hydrogen-bond acceptors (Lipinski definition) is 4. The standard InChI is InChI=1S/C21H21ClN2O3/c1-14(21(25)24-17-13-16(22)10-11-18(17)26-2)23-20(19-9-6-12-27-19)15-7-4-3-5-8-15/h3-14,20,23H,1-2H3,(H,24,25)/t14-,20+/m1/s1. The second-order valence-electron chi connectivity index (χ2n) is 6.08. The van der Waals surface area contributed by atoms with E-state index in [-0.39, 0.29) is 11.9 Å². The van der Waals surface area contributed by atoms with Gasteiger partial charge in [-0.05, 0) is 42.8 Å². The zero-order valence-corrected chi connectivity index (χ0v) is 15.9. The number of halogens is 1. The smallest absolute Gasteiger partial charge is 0.241 e. The van der Waals surface area contributed by atoms with Gasteiger partial charge in [0.1, 0.15) is 11.5 Å². The van der Waals surface area contributed by atoms with Crippen LogP contribution in [-0.4, -0.2) is 19.1 Å². The summed E-state index contributed by atoms with van der Waals surface area (Å²) in [6.45, 7) is 1.80. The molecule has 0 spiro atoms. The number of carbonyl (C=O) groups excluding carboxylic acids is 1. The third kappa shape index (κ3) is 4.70. The Morgan fingerprint density at radius 3 is 2.56 bits per heavy atom. The summed E-state index contributed by atoms with van der Waals surface area (Å²) in [5.41, 5.74) is 1.53. The van der Waals surface area contributed by atoms with Crippen molar-refractivity contribution in [3.8, 4) is 5.75 Å². The molecule has 3 rings (SSSR count). The normalized spacial score (nSPS) is 13.0. The highest BCUT2D eigenvalue weighted by Crippen LogP contribution is 2.28. The molecule has 0 aliphatic heterocycles. The second kappa shape index (κ2) is 8.75. The minimum Gasteiger partial charge on any atom is -0.495 e. The van der Waals surface area contributed by atoms with Crippen molar-refractivity contribution in [1.29, 1.82) is 0 Å². The maximum Gasteiger partial charge on any atom is 0.241 e. The molecule has 1 aromatic heterocycles. The van der Waals surface area contributed by atoms with Crippen LogP contribution in [0.4, 0.5) is 5.69 Å². The Morgan fingerprint density at radius 2 is 1.89 bits per heavy atom. The first-order valence-electron chi connectivity index (χ1n) is 8.57. The van der Waals surface area contributed by atoms with Gasteiger partial charge in [-0.15, -0.1) is 0 Å². The lowest BCUT2D eigenvalue weighted by molar-refractivity contribution is -0.117. The van der Waals surface area contributed by atoms with Gasteiger partial charge in [-0.2, -0.15) is 0 Å². The molecule has 140 valence electrons. The zero-order chi connectivity index (χ0) is 19.2. The van der Waals surface area contributed by atoms with Gasteiger partial charge in [0.25, 0.3) is 0 Å². The predicted octanol–water partition coefficient (Wildman–Crippen LogP) is 4.65. The first-order valence-corrected chi connectivity index (χ1v) is 8.95. The molecule has 2 atom stereocenters. The number of methoxy groups -OCH3 is 1. The van der Waals surface area contributed by atoms with E-state index in [9.17, 15) is 4.79 Å². The van der Waals surface area contributed by atoms with Crippen molar-refractivity contribution in [3.63, 3.8) is 0 Å². The van der Waals surface area contributed by atoms with Gasteiger partial charge >= 0.3 is 0 Å². The summed E-state index contributed by atoms with van der Waals surface area (Å²) in [6, 6.07) is 17.9. The van der Waals surface area contributed by atoms with Crippen LogP contribution < -0.4 is 15.4 Å². The lowest BCUT2D eigenvalue weighted by Crippen LogP contribution is -2.40. The molecule has 0 radical (unpaired) electrons. The molecule has 0 fully saturated rings. The molecule has 27 heavy (non-hydrogen) atoms. The summed E-state index contributed by atoms with van der Waals surface area (Å²) < 4.78 is 10.9. The minimum atomic E-state index is -0.496. The van der Waals surface area contributed by atoms with E-state index in [0.717, 1.165) is 11.3 Å². The Hall–Kier alpha value is -2.76. The Bertz CT molecular complexity index is 882. The molecular formula is C21H21ClN2O3. The highest BCUT2D eigenvalue weighted by Gasteiger charge is 2.23. The fraction of sp³-hybridized carbons (Fsp3) is 0.190. The number of ether oxygens (including phenoxy) is 1. The van der Waals surface area contributed by atoms with Gasteiger partial charge in [-0.25, -0.2) is 0 Å². The fourth-order valence-corrected chi connectivity index (χ4v) is 2.96. The molecule has 6 heteroatoms. The van der Waals surface area contributed by atoms with E-state index < -0.39 is 6.04 Å². The molecule has 0 unspecified atom stereocenters. The molecule has 0 saturated heterocycles. The number of furan rings is 1. The topological polar surface area (TPSA) is 63.5 Å². The Kier molecular flexibility index (Phi) is 6.16. The SMILES string of the molecule is COc1ccc(Cl)cc1NC(=O)[C@@H](C)N[C@@H](c1ccccc1)c1ccco1. The van der Waals surface area contributed by atoms with Crippen LogP contribution in [0.1, 0.15) is 24.3 Å². The lowest BCUT2D eigenvalue weighted by atomic mass is 10.0. The first kappa shape index (κ1) is 19.0. The Balaban J connectivity index is 1.77. The Morgan fingerprint density at radius 1 is 1.11 bits per heavy atom. The van der Waals surface area contributed by atoms with Gasteiger partial charge in [0.15, 0.2) is 0 Å². The maximum atomic E-state index is 12.7. The number of nitrogens with one attached hydrogen (secondary N) is 2. The van der Waals surface area contributed by atoms with Crippen molar-refractivity contribution in [2.75, 3.05) is 12.4 Å². The molecule has 2 N–H and O–H groups in total. The zero-order valence-electron chi connectivity index (χ0n) is 15.1. The van der Waals surface area contributed by atoms with Gasteiger partial charge in [0, 0.05) is 5.02 Å². The van der Waals surface area contributed by atoms with Gasteiger partial charge in [0.2, 0.25) is 5.91 Å². The molecule has 1 amide bonds. The van der Waals surface area contributed by atoms with Crippen LogP contribution in [0.5, 0.6) is 5.75 Å². The number of amides is 1. The molecule has 0 aliphatic carbocycles. The van der Waals surface area contributed by atoms with Crippen LogP contribution in [-0.2, 0) is 4.79 Å². The molecule has 0 bridgehead atoms. The van der Waals surface area contributed by atoms with E-state index in [2.05, 4.69) is 10.6 Å². The monoisotopic (exact) mass is 384 g/mol. The third-order valence-corrected chi connectivity index (χ3v) is 4.43. The van der Waals surface area contributed by atoms with Crippen LogP contribution in [0.2, 0.25) is 5.02 Å².